The molecule has 2 aliphatic carbocycles. The second-order valence-electron chi connectivity index (χ2n) is 39.7. The molecule has 0 saturated carbocycles. The lowest BCUT2D eigenvalue weighted by molar-refractivity contribution is 0.110. The number of hydrogen-bond acceptors (Lipinski definition) is 5. The fourth-order valence-electron chi connectivity index (χ4n) is 22.5. The van der Waals surface area contributed by atoms with Crippen molar-refractivity contribution in [2.75, 3.05) is 44.5 Å². The van der Waals surface area contributed by atoms with Crippen LogP contribution in [0.15, 0.2) is 315 Å². The Kier molecular flexibility index (Phi) is 31.3. The van der Waals surface area contributed by atoms with Gasteiger partial charge in [0.05, 0.1) is 18.6 Å². The SMILES string of the molecule is CCC(C)c1ccc(N(c2ccc(C)cc2)c2ccc(C)cc2)cc1.CCCCCCCCC1(CCCCCCCC)c2cc(C)ccc2-c2ccc(C)cc21.CCOCCOc1ccc(C2(c3ccc(OCCOCC)cc3)c3cc(C)ccc3-c3ccc(C)cc32)cc1.Cc1ccc2c3cccc4c(C)ccc(c5cccc1c52)c43.Cc1ccc2c3cccc4c(C)ccc(c5cccc1c52)c43. The molecule has 708 valence electrons. The van der Waals surface area contributed by atoms with Crippen LogP contribution < -0.4 is 14.4 Å². The van der Waals surface area contributed by atoms with E-state index < -0.39 is 5.41 Å². The van der Waals surface area contributed by atoms with Gasteiger partial charge in [-0.3, -0.25) is 0 Å². The molecule has 19 aromatic rings. The molecule has 0 N–H and O–H groups in total. The van der Waals surface area contributed by atoms with Gasteiger partial charge in [-0.1, -0.05) is 393 Å². The highest BCUT2D eigenvalue weighted by molar-refractivity contribution is 6.35. The molecule has 1 atom stereocenters. The maximum atomic E-state index is 5.96. The molecule has 0 aliphatic heterocycles. The second-order valence-corrected chi connectivity index (χ2v) is 39.7. The monoisotopic (exact) mass is 1830 g/mol. The summed E-state index contributed by atoms with van der Waals surface area (Å²) in [6.45, 7) is 38.7. The molecule has 21 rings (SSSR count). The van der Waals surface area contributed by atoms with Crippen LogP contribution in [0.25, 0.3) is 108 Å². The van der Waals surface area contributed by atoms with Crippen molar-refractivity contribution in [3.8, 4) is 33.8 Å². The van der Waals surface area contributed by atoms with Crippen LogP contribution in [0.1, 0.15) is 238 Å². The van der Waals surface area contributed by atoms with E-state index in [9.17, 15) is 0 Å². The summed E-state index contributed by atoms with van der Waals surface area (Å²) in [5.41, 5.74) is 31.9. The summed E-state index contributed by atoms with van der Waals surface area (Å²) in [4.78, 5) is 2.32. The highest BCUT2D eigenvalue weighted by Crippen LogP contribution is 2.59. The molecule has 2 aliphatic rings. The normalized spacial score (nSPS) is 12.8. The molecule has 0 fully saturated rings. The summed E-state index contributed by atoms with van der Waals surface area (Å²) in [7, 11) is 0. The van der Waals surface area contributed by atoms with E-state index in [0.29, 0.717) is 45.6 Å². The van der Waals surface area contributed by atoms with E-state index >= 15 is 0 Å². The number of nitrogens with zero attached hydrogens (tertiary/aromatic N) is 1. The van der Waals surface area contributed by atoms with Crippen LogP contribution in [0, 0.1) is 69.2 Å². The first kappa shape index (κ1) is 97.7. The molecule has 0 amide bonds. The molecular formula is C134H143NO4. The maximum absolute atomic E-state index is 5.96. The van der Waals surface area contributed by atoms with E-state index in [2.05, 4.69) is 417 Å². The Morgan fingerprint density at radius 3 is 0.856 bits per heavy atom. The molecule has 5 nitrogen and oxygen atoms in total. The van der Waals surface area contributed by atoms with Gasteiger partial charge in [-0.05, 0) is 339 Å². The summed E-state index contributed by atoms with van der Waals surface area (Å²) in [5, 5.41) is 22.1. The van der Waals surface area contributed by atoms with Gasteiger partial charge < -0.3 is 23.8 Å². The predicted octanol–water partition coefficient (Wildman–Crippen LogP) is 37.6. The predicted molar refractivity (Wildman–Crippen MR) is 599 cm³/mol. The van der Waals surface area contributed by atoms with Crippen LogP contribution in [-0.4, -0.2) is 39.6 Å². The number of anilines is 3. The van der Waals surface area contributed by atoms with E-state index in [1.165, 1.54) is 305 Å². The van der Waals surface area contributed by atoms with E-state index in [4.69, 9.17) is 18.9 Å². The summed E-state index contributed by atoms with van der Waals surface area (Å²) in [6.07, 6.45) is 20.4. The fourth-order valence-corrected chi connectivity index (χ4v) is 22.5. The largest absolute Gasteiger partial charge is 0.491 e. The van der Waals surface area contributed by atoms with Crippen molar-refractivity contribution in [1.29, 1.82) is 0 Å². The summed E-state index contributed by atoms with van der Waals surface area (Å²) in [6, 6.07) is 117. The van der Waals surface area contributed by atoms with Gasteiger partial charge in [0.25, 0.3) is 0 Å². The van der Waals surface area contributed by atoms with Crippen molar-refractivity contribution in [1.82, 2.24) is 0 Å². The van der Waals surface area contributed by atoms with Crippen molar-refractivity contribution in [3.63, 3.8) is 0 Å². The zero-order valence-corrected chi connectivity index (χ0v) is 85.5. The molecule has 1 unspecified atom stereocenters. The number of rotatable bonds is 31. The third-order valence-corrected chi connectivity index (χ3v) is 30.1. The Morgan fingerprint density at radius 2 is 0.540 bits per heavy atom. The molecule has 0 radical (unpaired) electrons. The minimum absolute atomic E-state index is 0.234. The van der Waals surface area contributed by atoms with E-state index in [1.807, 2.05) is 13.8 Å². The second kappa shape index (κ2) is 44.5. The lowest BCUT2D eigenvalue weighted by Crippen LogP contribution is -2.28. The van der Waals surface area contributed by atoms with Crippen LogP contribution in [0.4, 0.5) is 17.1 Å². The van der Waals surface area contributed by atoms with Gasteiger partial charge in [0, 0.05) is 35.7 Å². The number of unbranched alkanes of at least 4 members (excludes halogenated alkanes) is 10. The number of ether oxygens (including phenoxy) is 4. The Balaban J connectivity index is 0.000000122. The smallest absolute Gasteiger partial charge is 0.119 e. The molecule has 139 heavy (non-hydrogen) atoms. The van der Waals surface area contributed by atoms with Crippen molar-refractivity contribution in [3.05, 3.63) is 410 Å². The first-order chi connectivity index (χ1) is 67.8. The van der Waals surface area contributed by atoms with E-state index in [0.717, 1.165) is 11.5 Å². The van der Waals surface area contributed by atoms with Crippen molar-refractivity contribution < 1.29 is 18.9 Å². The average molecular weight is 1830 g/mol. The third-order valence-electron chi connectivity index (χ3n) is 30.1. The van der Waals surface area contributed by atoms with Crippen molar-refractivity contribution in [2.45, 2.75) is 224 Å². The van der Waals surface area contributed by atoms with Gasteiger partial charge in [0.1, 0.15) is 24.7 Å². The number of aryl methyl sites for hydroxylation is 10. The molecule has 19 aromatic carbocycles. The minimum Gasteiger partial charge on any atom is -0.491 e. The first-order valence-electron chi connectivity index (χ1n) is 52.0. The van der Waals surface area contributed by atoms with Gasteiger partial charge in [-0.25, -0.2) is 0 Å². The quantitative estimate of drug-likeness (QED) is 0.0246. The van der Waals surface area contributed by atoms with Crippen LogP contribution in [0.5, 0.6) is 11.5 Å². The number of benzene rings is 19. The molecule has 0 saturated heterocycles. The zero-order valence-electron chi connectivity index (χ0n) is 85.5. The van der Waals surface area contributed by atoms with Crippen LogP contribution in [-0.2, 0) is 20.3 Å². The van der Waals surface area contributed by atoms with Gasteiger partial charge >= 0.3 is 0 Å². The average Bonchev–Trinajstić information content (AvgIpc) is 1.51. The summed E-state index contributed by atoms with van der Waals surface area (Å²) in [5.74, 6) is 2.29. The molecule has 0 spiro atoms. The van der Waals surface area contributed by atoms with Crippen LogP contribution in [0.3, 0.4) is 0 Å². The Bertz CT molecular complexity index is 6760. The van der Waals surface area contributed by atoms with Crippen molar-refractivity contribution in [2.24, 2.45) is 0 Å². The molecular weight excluding hydrogens is 1690 g/mol. The van der Waals surface area contributed by atoms with Crippen molar-refractivity contribution >= 4 is 103 Å². The number of hydrogen-bond donors (Lipinski definition) is 0. The Hall–Kier alpha value is -12.9. The molecule has 0 bridgehead atoms. The lowest BCUT2D eigenvalue weighted by atomic mass is 9.67. The summed E-state index contributed by atoms with van der Waals surface area (Å²) < 4.78 is 22.8. The summed E-state index contributed by atoms with van der Waals surface area (Å²) >= 11 is 0. The third kappa shape index (κ3) is 20.4. The minimum atomic E-state index is -0.462. The lowest BCUT2D eigenvalue weighted by Gasteiger charge is -2.34. The molecule has 0 aromatic heterocycles. The Labute approximate surface area is 828 Å². The van der Waals surface area contributed by atoms with Gasteiger partial charge in [-0.15, -0.1) is 0 Å². The van der Waals surface area contributed by atoms with Gasteiger partial charge in [0.2, 0.25) is 0 Å². The van der Waals surface area contributed by atoms with E-state index in [1.54, 1.807) is 11.1 Å². The number of fused-ring (bicyclic) bond motifs is 10. The van der Waals surface area contributed by atoms with E-state index in [-0.39, 0.29) is 5.41 Å². The van der Waals surface area contributed by atoms with Crippen LogP contribution in [0.2, 0.25) is 0 Å². The maximum Gasteiger partial charge on any atom is 0.119 e. The Morgan fingerprint density at radius 1 is 0.259 bits per heavy atom. The standard InChI is InChI=1S/C35H38O4.C31H46.C24H27N.2C22H16/c1-5-36-19-21-38-29-13-9-27(10-14-29)35(28-11-15-30(16-12-28)39-22-20-37-6-2)33-23-25(3)7-17-31(33)32-18-8-26(4)24-34(32)35;1-5-7-9-11-13-15-21-31(22-16-14-12-10-8-6-2)29-23-25(3)17-19-27(29)28-20-18-26(4)24-30(28)31;1-5-20(4)21-10-16-24(17-11-21)25(22-12-6-18(2)7-13-22)23-14-8-19(3)9-15-23;2*1-13-9-11-19-18-8-4-6-16-14(2)10-12-20(22(16)18)17-7-3-5-15(13)21(17)19/h7-18,23-24H,5-6,19-22H2,1-4H3;17-20,23-24H,5-16,21-22H2,1-4H3;6-17,20H,5H2,1-4H3;2*3-12H,1-2H3. The molecule has 5 heteroatoms. The zero-order chi connectivity index (χ0) is 96.9. The van der Waals surface area contributed by atoms with Crippen LogP contribution >= 0.6 is 0 Å². The topological polar surface area (TPSA) is 40.2 Å². The first-order valence-corrected chi connectivity index (χ1v) is 52.0. The highest BCUT2D eigenvalue weighted by Gasteiger charge is 2.47. The van der Waals surface area contributed by atoms with Gasteiger partial charge in [-0.2, -0.15) is 0 Å². The molecule has 0 heterocycles. The fraction of sp³-hybridized carbons (Fsp3) is 0.299. The highest BCUT2D eigenvalue weighted by atomic mass is 16.5. The van der Waals surface area contributed by atoms with Gasteiger partial charge in [0.15, 0.2) is 0 Å².